The molecule has 4 rings (SSSR count). The summed E-state index contributed by atoms with van der Waals surface area (Å²) in [5, 5.41) is 2.35. The van der Waals surface area contributed by atoms with Crippen molar-refractivity contribution in [3.63, 3.8) is 0 Å². The van der Waals surface area contributed by atoms with E-state index in [4.69, 9.17) is 4.42 Å². The number of unbranched alkanes of at least 4 members (excludes halogenated alkanes) is 2. The van der Waals surface area contributed by atoms with Gasteiger partial charge in [-0.05, 0) is 61.6 Å². The lowest BCUT2D eigenvalue weighted by Crippen LogP contribution is -2.31. The zero-order valence-electron chi connectivity index (χ0n) is 16.8. The van der Waals surface area contributed by atoms with E-state index in [1.807, 2.05) is 12.1 Å². The second-order valence-corrected chi connectivity index (χ2v) is 7.64. The molecule has 0 spiro atoms. The van der Waals surface area contributed by atoms with E-state index in [1.165, 1.54) is 58.0 Å². The van der Waals surface area contributed by atoms with Gasteiger partial charge in [0.2, 0.25) is 5.69 Å². The molecule has 0 saturated carbocycles. The molecular weight excluding hydrogens is 330 g/mol. The predicted octanol–water partition coefficient (Wildman–Crippen LogP) is 6.43. The van der Waals surface area contributed by atoms with E-state index in [0.29, 0.717) is 0 Å². The summed E-state index contributed by atoms with van der Waals surface area (Å²) in [6.45, 7) is 6.71. The standard InChI is InChI=1S/C25H28NO/c1-5-6-7-10-19-15-17(2)18(3)22(16-19)23-14-13-21-20-11-8-9-12-24(20)27-25(21)26(23)4/h8-9,11-16H,5-7,10H2,1-4H3/q+1. The minimum Gasteiger partial charge on any atom is -0.404 e. The first-order chi connectivity index (χ1) is 13.1. The molecule has 2 aromatic heterocycles. The van der Waals surface area contributed by atoms with Crippen LogP contribution < -0.4 is 4.57 Å². The molecule has 0 unspecified atom stereocenters. The lowest BCUT2D eigenvalue weighted by Gasteiger charge is -2.11. The molecule has 0 fully saturated rings. The molecule has 0 bridgehead atoms. The van der Waals surface area contributed by atoms with Crippen LogP contribution in [-0.2, 0) is 13.5 Å². The summed E-state index contributed by atoms with van der Waals surface area (Å²) in [5.74, 6) is 0. The normalized spacial score (nSPS) is 11.6. The van der Waals surface area contributed by atoms with Crippen molar-refractivity contribution in [2.75, 3.05) is 0 Å². The number of furan rings is 1. The van der Waals surface area contributed by atoms with Crippen LogP contribution >= 0.6 is 0 Å². The average molecular weight is 359 g/mol. The van der Waals surface area contributed by atoms with E-state index >= 15 is 0 Å². The summed E-state index contributed by atoms with van der Waals surface area (Å²) in [6.07, 6.45) is 4.96. The van der Waals surface area contributed by atoms with Gasteiger partial charge in [0.25, 0.3) is 0 Å². The van der Waals surface area contributed by atoms with Crippen LogP contribution in [0.2, 0.25) is 0 Å². The van der Waals surface area contributed by atoms with Gasteiger partial charge in [-0.15, -0.1) is 0 Å². The SMILES string of the molecule is CCCCCc1cc(C)c(C)c(-c2ccc3c4ccccc4oc3[n+]2C)c1. The summed E-state index contributed by atoms with van der Waals surface area (Å²) >= 11 is 0. The molecule has 138 valence electrons. The third-order valence-electron chi connectivity index (χ3n) is 5.76. The quantitative estimate of drug-likeness (QED) is 0.297. The van der Waals surface area contributed by atoms with Crippen molar-refractivity contribution in [1.29, 1.82) is 0 Å². The molecule has 0 N–H and O–H groups in total. The van der Waals surface area contributed by atoms with Crippen molar-refractivity contribution < 1.29 is 8.98 Å². The number of hydrogen-bond acceptors (Lipinski definition) is 1. The average Bonchev–Trinajstić information content (AvgIpc) is 3.05. The molecule has 0 aliphatic heterocycles. The maximum absolute atomic E-state index is 6.19. The molecular formula is C25H28NO+. The van der Waals surface area contributed by atoms with E-state index in [-0.39, 0.29) is 0 Å². The van der Waals surface area contributed by atoms with E-state index in [1.54, 1.807) is 0 Å². The number of aryl methyl sites for hydroxylation is 3. The van der Waals surface area contributed by atoms with Gasteiger partial charge in [-0.25, -0.2) is 0 Å². The molecule has 2 heterocycles. The monoisotopic (exact) mass is 358 g/mol. The minimum absolute atomic E-state index is 0.933. The fraction of sp³-hybridized carbons (Fsp3) is 0.320. The van der Waals surface area contributed by atoms with Crippen LogP contribution in [0.25, 0.3) is 33.3 Å². The van der Waals surface area contributed by atoms with Crippen molar-refractivity contribution >= 4 is 22.1 Å². The molecule has 0 aliphatic carbocycles. The highest BCUT2D eigenvalue weighted by Gasteiger charge is 2.21. The molecule has 0 aliphatic rings. The Morgan fingerprint density at radius 3 is 2.56 bits per heavy atom. The first-order valence-electron chi connectivity index (χ1n) is 10.0. The van der Waals surface area contributed by atoms with Gasteiger partial charge in [0.05, 0.1) is 5.39 Å². The Kier molecular flexibility index (Phi) is 4.73. The van der Waals surface area contributed by atoms with Gasteiger partial charge in [-0.3, -0.25) is 0 Å². The maximum Gasteiger partial charge on any atom is 0.381 e. The third kappa shape index (κ3) is 3.14. The van der Waals surface area contributed by atoms with Gasteiger partial charge >= 0.3 is 5.71 Å². The summed E-state index contributed by atoms with van der Waals surface area (Å²) in [6, 6.07) is 17.4. The Morgan fingerprint density at radius 2 is 1.74 bits per heavy atom. The number of benzene rings is 2. The number of pyridine rings is 1. The van der Waals surface area contributed by atoms with E-state index in [2.05, 4.69) is 68.8 Å². The smallest absolute Gasteiger partial charge is 0.381 e. The van der Waals surface area contributed by atoms with Gasteiger partial charge in [0.1, 0.15) is 12.6 Å². The summed E-state index contributed by atoms with van der Waals surface area (Å²) < 4.78 is 8.39. The Morgan fingerprint density at radius 1 is 0.926 bits per heavy atom. The lowest BCUT2D eigenvalue weighted by atomic mass is 9.94. The van der Waals surface area contributed by atoms with Crippen molar-refractivity contribution in [3.8, 4) is 11.3 Å². The first kappa shape index (κ1) is 17.8. The molecule has 4 aromatic rings. The number of rotatable bonds is 5. The van der Waals surface area contributed by atoms with Crippen molar-refractivity contribution in [2.24, 2.45) is 7.05 Å². The van der Waals surface area contributed by atoms with Crippen LogP contribution in [-0.4, -0.2) is 0 Å². The molecule has 27 heavy (non-hydrogen) atoms. The Bertz CT molecular complexity index is 1120. The highest BCUT2D eigenvalue weighted by Crippen LogP contribution is 2.31. The molecule has 2 heteroatoms. The van der Waals surface area contributed by atoms with Crippen LogP contribution in [0.3, 0.4) is 0 Å². The third-order valence-corrected chi connectivity index (χ3v) is 5.76. The molecule has 0 saturated heterocycles. The summed E-state index contributed by atoms with van der Waals surface area (Å²) in [5.41, 5.74) is 8.55. The zero-order chi connectivity index (χ0) is 19.0. The zero-order valence-corrected chi connectivity index (χ0v) is 16.8. The van der Waals surface area contributed by atoms with Crippen LogP contribution in [0, 0.1) is 13.8 Å². The topological polar surface area (TPSA) is 17.0 Å². The molecule has 0 amide bonds. The molecule has 2 aromatic carbocycles. The highest BCUT2D eigenvalue weighted by atomic mass is 16.3. The Hall–Kier alpha value is -2.61. The number of para-hydroxylation sites is 1. The van der Waals surface area contributed by atoms with E-state index < -0.39 is 0 Å². The highest BCUT2D eigenvalue weighted by molar-refractivity contribution is 6.02. The Labute approximate surface area is 161 Å². The number of fused-ring (bicyclic) bond motifs is 3. The van der Waals surface area contributed by atoms with Crippen LogP contribution in [0.5, 0.6) is 0 Å². The fourth-order valence-electron chi connectivity index (χ4n) is 4.04. The fourth-order valence-corrected chi connectivity index (χ4v) is 4.04. The van der Waals surface area contributed by atoms with Gasteiger partial charge in [-0.1, -0.05) is 44.0 Å². The minimum atomic E-state index is 0.933. The van der Waals surface area contributed by atoms with Crippen molar-refractivity contribution in [1.82, 2.24) is 0 Å². The van der Waals surface area contributed by atoms with Crippen LogP contribution in [0.4, 0.5) is 0 Å². The molecule has 0 radical (unpaired) electrons. The van der Waals surface area contributed by atoms with Gasteiger partial charge in [0.15, 0.2) is 0 Å². The largest absolute Gasteiger partial charge is 0.404 e. The van der Waals surface area contributed by atoms with Crippen LogP contribution in [0.15, 0.2) is 52.9 Å². The number of nitrogens with zero attached hydrogens (tertiary/aromatic N) is 1. The second kappa shape index (κ2) is 7.19. The van der Waals surface area contributed by atoms with Gasteiger partial charge < -0.3 is 4.42 Å². The van der Waals surface area contributed by atoms with Crippen LogP contribution in [0.1, 0.15) is 42.9 Å². The summed E-state index contributed by atoms with van der Waals surface area (Å²) in [7, 11) is 2.11. The summed E-state index contributed by atoms with van der Waals surface area (Å²) in [4.78, 5) is 0. The predicted molar refractivity (Wildman–Crippen MR) is 113 cm³/mol. The molecule has 2 nitrogen and oxygen atoms in total. The molecule has 0 atom stereocenters. The number of hydrogen-bond donors (Lipinski definition) is 0. The number of aromatic nitrogens is 1. The van der Waals surface area contributed by atoms with Crippen molar-refractivity contribution in [3.05, 3.63) is 65.2 Å². The van der Waals surface area contributed by atoms with Crippen molar-refractivity contribution in [2.45, 2.75) is 46.5 Å². The van der Waals surface area contributed by atoms with Gasteiger partial charge in [-0.2, -0.15) is 4.57 Å². The Balaban J connectivity index is 1.86. The first-order valence-corrected chi connectivity index (χ1v) is 10.0. The second-order valence-electron chi connectivity index (χ2n) is 7.64. The lowest BCUT2D eigenvalue weighted by molar-refractivity contribution is -0.640. The maximum atomic E-state index is 6.19. The van der Waals surface area contributed by atoms with E-state index in [9.17, 15) is 0 Å². The van der Waals surface area contributed by atoms with E-state index in [0.717, 1.165) is 17.7 Å². The van der Waals surface area contributed by atoms with Gasteiger partial charge in [0, 0.05) is 17.0 Å².